The molecule has 3 heterocycles. The van der Waals surface area contributed by atoms with Gasteiger partial charge in [-0.2, -0.15) is 0 Å². The minimum absolute atomic E-state index is 0. The summed E-state index contributed by atoms with van der Waals surface area (Å²) in [4.78, 5) is 18.7. The van der Waals surface area contributed by atoms with Gasteiger partial charge >= 0.3 is 0 Å². The Morgan fingerprint density at radius 1 is 1.52 bits per heavy atom. The molecule has 114 valence electrons. The molecule has 0 bridgehead atoms. The number of hydrogen-bond donors (Lipinski definition) is 1. The monoisotopic (exact) mass is 311 g/mol. The maximum atomic E-state index is 12.6. The van der Waals surface area contributed by atoms with E-state index in [4.69, 9.17) is 4.52 Å². The Hall–Kier alpha value is -1.86. The Labute approximate surface area is 128 Å². The lowest BCUT2D eigenvalue weighted by Gasteiger charge is -2.35. The van der Waals surface area contributed by atoms with E-state index in [1.165, 1.54) is 0 Å². The Morgan fingerprint density at radius 2 is 2.33 bits per heavy atom. The van der Waals surface area contributed by atoms with Gasteiger partial charge in [0.15, 0.2) is 5.69 Å². The Morgan fingerprint density at radius 3 is 2.95 bits per heavy atom. The lowest BCUT2D eigenvalue weighted by Crippen LogP contribution is -2.49. The largest absolute Gasteiger partial charge is 0.361 e. The molecular formula is C13H18ClN5O2. The topological polar surface area (TPSA) is 76.2 Å². The van der Waals surface area contributed by atoms with Crippen LogP contribution in [0.25, 0.3) is 0 Å². The molecule has 1 N–H and O–H groups in total. The van der Waals surface area contributed by atoms with E-state index >= 15 is 0 Å². The molecule has 1 saturated heterocycles. The third kappa shape index (κ3) is 2.93. The zero-order valence-corrected chi connectivity index (χ0v) is 12.8. The number of hydrogen-bond acceptors (Lipinski definition) is 5. The molecule has 1 atom stereocenters. The summed E-state index contributed by atoms with van der Waals surface area (Å²) >= 11 is 0. The van der Waals surface area contributed by atoms with Gasteiger partial charge in [0.2, 0.25) is 0 Å². The first-order chi connectivity index (χ1) is 9.66. The number of aromatic nitrogens is 3. The van der Waals surface area contributed by atoms with E-state index in [2.05, 4.69) is 15.5 Å². The Bertz CT molecular complexity index is 624. The number of nitrogens with zero attached hydrogens (tertiary/aromatic N) is 4. The highest BCUT2D eigenvalue weighted by molar-refractivity contribution is 5.92. The smallest absolute Gasteiger partial charge is 0.276 e. The van der Waals surface area contributed by atoms with E-state index in [9.17, 15) is 4.79 Å². The summed E-state index contributed by atoms with van der Waals surface area (Å²) in [5.74, 6) is 1.39. The van der Waals surface area contributed by atoms with Crippen molar-refractivity contribution in [2.45, 2.75) is 13.0 Å². The second kappa shape index (κ2) is 6.28. The first kappa shape index (κ1) is 15.5. The molecular weight excluding hydrogens is 294 g/mol. The fraction of sp³-hybridized carbons (Fsp3) is 0.462. The average molecular weight is 312 g/mol. The second-order valence-corrected chi connectivity index (χ2v) is 4.94. The normalized spacial score (nSPS) is 18.4. The number of piperazine rings is 1. The standard InChI is InChI=1S/C13H17N5O2.ClH/c1-9-7-10(16-20-9)13(19)18-6-3-14-8-11(18)12-15-4-5-17(12)2;/h4-5,7,11,14H,3,6,8H2,1-2H3;1H. The molecule has 8 heteroatoms. The fourth-order valence-corrected chi connectivity index (χ4v) is 2.49. The van der Waals surface area contributed by atoms with Crippen molar-refractivity contribution in [1.82, 2.24) is 24.9 Å². The summed E-state index contributed by atoms with van der Waals surface area (Å²) in [5.41, 5.74) is 0.351. The molecule has 1 fully saturated rings. The number of imidazole rings is 1. The molecule has 21 heavy (non-hydrogen) atoms. The van der Waals surface area contributed by atoms with Crippen molar-refractivity contribution in [2.75, 3.05) is 19.6 Å². The highest BCUT2D eigenvalue weighted by atomic mass is 35.5. The van der Waals surface area contributed by atoms with Gasteiger partial charge in [-0.1, -0.05) is 5.16 Å². The van der Waals surface area contributed by atoms with Crippen molar-refractivity contribution in [3.63, 3.8) is 0 Å². The number of halogens is 1. The van der Waals surface area contributed by atoms with Crippen LogP contribution in [0.4, 0.5) is 0 Å². The zero-order chi connectivity index (χ0) is 14.1. The molecule has 0 aromatic carbocycles. The molecule has 0 radical (unpaired) electrons. The maximum Gasteiger partial charge on any atom is 0.276 e. The van der Waals surface area contributed by atoms with E-state index in [0.717, 1.165) is 12.4 Å². The second-order valence-electron chi connectivity index (χ2n) is 4.94. The molecule has 3 rings (SSSR count). The zero-order valence-electron chi connectivity index (χ0n) is 11.9. The first-order valence-electron chi connectivity index (χ1n) is 6.59. The van der Waals surface area contributed by atoms with E-state index < -0.39 is 0 Å². The maximum absolute atomic E-state index is 12.6. The highest BCUT2D eigenvalue weighted by Crippen LogP contribution is 2.22. The molecule has 7 nitrogen and oxygen atoms in total. The number of carbonyl (C=O) groups excluding carboxylic acids is 1. The van der Waals surface area contributed by atoms with Crippen molar-refractivity contribution in [3.05, 3.63) is 35.7 Å². The third-order valence-electron chi connectivity index (χ3n) is 3.51. The summed E-state index contributed by atoms with van der Waals surface area (Å²) in [7, 11) is 1.93. The van der Waals surface area contributed by atoms with Crippen LogP contribution in [0.2, 0.25) is 0 Å². The fourth-order valence-electron chi connectivity index (χ4n) is 2.49. The van der Waals surface area contributed by atoms with Crippen LogP contribution in [-0.2, 0) is 7.05 Å². The van der Waals surface area contributed by atoms with E-state index in [0.29, 0.717) is 24.5 Å². The van der Waals surface area contributed by atoms with Crippen LogP contribution in [0.1, 0.15) is 28.1 Å². The average Bonchev–Trinajstić information content (AvgIpc) is 3.07. The van der Waals surface area contributed by atoms with E-state index in [1.54, 1.807) is 24.1 Å². The predicted octanol–water partition coefficient (Wildman–Crippen LogP) is 0.925. The van der Waals surface area contributed by atoms with Gasteiger partial charge < -0.3 is 19.3 Å². The molecule has 0 aliphatic carbocycles. The molecule has 1 aliphatic heterocycles. The van der Waals surface area contributed by atoms with Crippen molar-refractivity contribution in [3.8, 4) is 0 Å². The van der Waals surface area contributed by atoms with Crippen molar-refractivity contribution < 1.29 is 9.32 Å². The number of nitrogens with one attached hydrogen (secondary N) is 1. The summed E-state index contributed by atoms with van der Waals surface area (Å²) < 4.78 is 6.93. The number of aryl methyl sites for hydroxylation is 2. The van der Waals surface area contributed by atoms with Gasteiger partial charge in [0, 0.05) is 45.1 Å². The van der Waals surface area contributed by atoms with Gasteiger partial charge in [0.05, 0.1) is 0 Å². The lowest BCUT2D eigenvalue weighted by molar-refractivity contribution is 0.0610. The summed E-state index contributed by atoms with van der Waals surface area (Å²) in [6, 6.07) is 1.58. The lowest BCUT2D eigenvalue weighted by atomic mass is 10.1. The highest BCUT2D eigenvalue weighted by Gasteiger charge is 2.32. The summed E-state index contributed by atoms with van der Waals surface area (Å²) in [6.45, 7) is 3.86. The van der Waals surface area contributed by atoms with E-state index in [1.807, 2.05) is 17.8 Å². The van der Waals surface area contributed by atoms with Gasteiger partial charge in [-0.15, -0.1) is 12.4 Å². The first-order valence-corrected chi connectivity index (χ1v) is 6.59. The minimum Gasteiger partial charge on any atom is -0.361 e. The molecule has 1 unspecified atom stereocenters. The van der Waals surface area contributed by atoms with Crippen LogP contribution in [0.5, 0.6) is 0 Å². The number of carbonyl (C=O) groups is 1. The number of rotatable bonds is 2. The molecule has 1 amide bonds. The number of amides is 1. The van der Waals surface area contributed by atoms with Gasteiger partial charge in [-0.25, -0.2) is 4.98 Å². The van der Waals surface area contributed by atoms with Gasteiger partial charge in [-0.3, -0.25) is 4.79 Å². The summed E-state index contributed by atoms with van der Waals surface area (Å²) in [5, 5.41) is 7.12. The van der Waals surface area contributed by atoms with Gasteiger partial charge in [0.25, 0.3) is 5.91 Å². The van der Waals surface area contributed by atoms with Crippen LogP contribution < -0.4 is 5.32 Å². The molecule has 0 spiro atoms. The Kier molecular flexibility index (Phi) is 4.64. The van der Waals surface area contributed by atoms with E-state index in [-0.39, 0.29) is 24.4 Å². The quantitative estimate of drug-likeness (QED) is 0.892. The Balaban J connectivity index is 0.00000161. The van der Waals surface area contributed by atoms with Crippen LogP contribution >= 0.6 is 12.4 Å². The van der Waals surface area contributed by atoms with Gasteiger partial charge in [-0.05, 0) is 6.92 Å². The summed E-state index contributed by atoms with van der Waals surface area (Å²) in [6.07, 6.45) is 3.62. The van der Waals surface area contributed by atoms with Crippen LogP contribution in [0.15, 0.2) is 23.0 Å². The molecule has 2 aromatic rings. The molecule has 1 aliphatic rings. The van der Waals surface area contributed by atoms with Crippen LogP contribution in [0, 0.1) is 6.92 Å². The van der Waals surface area contributed by atoms with Crippen molar-refractivity contribution in [1.29, 1.82) is 0 Å². The van der Waals surface area contributed by atoms with Crippen LogP contribution in [0.3, 0.4) is 0 Å². The minimum atomic E-state index is -0.114. The predicted molar refractivity (Wildman–Crippen MR) is 78.3 cm³/mol. The van der Waals surface area contributed by atoms with Crippen molar-refractivity contribution in [2.24, 2.45) is 7.05 Å². The third-order valence-corrected chi connectivity index (χ3v) is 3.51. The van der Waals surface area contributed by atoms with Crippen LogP contribution in [-0.4, -0.2) is 45.1 Å². The SMILES string of the molecule is Cc1cc(C(=O)N2CCNCC2c2nccn2C)no1.Cl. The molecule has 0 saturated carbocycles. The molecule has 2 aromatic heterocycles. The van der Waals surface area contributed by atoms with Gasteiger partial charge in [0.1, 0.15) is 17.6 Å². The van der Waals surface area contributed by atoms with Crippen molar-refractivity contribution >= 4 is 18.3 Å².